The molecule has 11 heteroatoms. The van der Waals surface area contributed by atoms with E-state index in [4.69, 9.17) is 4.98 Å². The first kappa shape index (κ1) is 39.7. The molecule has 302 valence electrons. The Labute approximate surface area is 352 Å². The molecular formula is C49H45N5O4S2. The molecule has 0 amide bonds. The number of benzene rings is 6. The van der Waals surface area contributed by atoms with Crippen LogP contribution in [0.1, 0.15) is 81.3 Å². The van der Waals surface area contributed by atoms with E-state index in [0.717, 1.165) is 33.4 Å². The van der Waals surface area contributed by atoms with Crippen LogP contribution in [-0.2, 0) is 20.0 Å². The number of aromatic nitrogens is 1. The molecule has 0 bridgehead atoms. The molecule has 6 aromatic carbocycles. The monoisotopic (exact) mass is 831 g/mol. The molecular weight excluding hydrogens is 787 g/mol. The van der Waals surface area contributed by atoms with Crippen LogP contribution >= 0.6 is 0 Å². The number of nitrogens with one attached hydrogen (secondary N) is 2. The molecule has 1 aromatic heterocycles. The van der Waals surface area contributed by atoms with Crippen molar-refractivity contribution in [3.8, 4) is 0 Å². The smallest absolute Gasteiger partial charge is 0.245 e. The zero-order chi connectivity index (χ0) is 41.4. The quantitative estimate of drug-likeness (QED) is 0.141. The van der Waals surface area contributed by atoms with Crippen LogP contribution in [0.5, 0.6) is 0 Å². The fourth-order valence-corrected chi connectivity index (χ4v) is 12.0. The molecule has 2 aliphatic rings. The van der Waals surface area contributed by atoms with E-state index < -0.39 is 56.5 Å². The highest BCUT2D eigenvalue weighted by molar-refractivity contribution is 7.89. The Balaban J connectivity index is 1.22. The number of aryl methyl sites for hydroxylation is 2. The van der Waals surface area contributed by atoms with E-state index in [9.17, 15) is 0 Å². The minimum absolute atomic E-state index is 0.162. The molecule has 2 aliphatic heterocycles. The lowest BCUT2D eigenvalue weighted by Gasteiger charge is -2.31. The predicted octanol–water partition coefficient (Wildman–Crippen LogP) is 9.25. The maximum absolute atomic E-state index is 15.2. The molecule has 2 saturated heterocycles. The fourth-order valence-electron chi connectivity index (χ4n) is 8.59. The first-order chi connectivity index (χ1) is 29.1. The van der Waals surface area contributed by atoms with E-state index in [0.29, 0.717) is 11.4 Å². The van der Waals surface area contributed by atoms with Crippen LogP contribution < -0.4 is 10.6 Å². The Morgan fingerprint density at radius 2 is 0.717 bits per heavy atom. The third kappa shape index (κ3) is 7.38. The number of nitrogens with zero attached hydrogens (tertiary/aromatic N) is 3. The van der Waals surface area contributed by atoms with Gasteiger partial charge in [0.05, 0.1) is 45.3 Å². The fraction of sp³-hybridized carbons (Fsp3) is 0.163. The Morgan fingerprint density at radius 1 is 0.400 bits per heavy atom. The van der Waals surface area contributed by atoms with Crippen LogP contribution in [0.15, 0.2) is 198 Å². The van der Waals surface area contributed by atoms with Crippen LogP contribution in [0, 0.1) is 13.8 Å². The molecule has 0 spiro atoms. The SMILES string of the molecule is Cc1ccc(S(=O)(=O)N2C(c3cccc(C4N[C@H](c5ccccc5)[C@@H](c5ccccc5)N4S(=O)(=O)c4ccc(C)cc4)n3)N[C@H](c3ccccc3)[C@H]2c2ccccc2)cc1. The molecule has 9 rings (SSSR count). The second-order valence-corrected chi connectivity index (χ2v) is 19.1. The van der Waals surface area contributed by atoms with Crippen molar-refractivity contribution >= 4 is 20.0 Å². The van der Waals surface area contributed by atoms with Crippen LogP contribution in [0.4, 0.5) is 0 Å². The van der Waals surface area contributed by atoms with E-state index in [-0.39, 0.29) is 9.79 Å². The summed E-state index contributed by atoms with van der Waals surface area (Å²) in [7, 11) is -8.35. The lowest BCUT2D eigenvalue weighted by Crippen LogP contribution is -2.37. The average molecular weight is 832 g/mol. The number of rotatable bonds is 10. The van der Waals surface area contributed by atoms with E-state index >= 15 is 16.8 Å². The second-order valence-electron chi connectivity index (χ2n) is 15.4. The Morgan fingerprint density at radius 3 is 1.05 bits per heavy atom. The zero-order valence-electron chi connectivity index (χ0n) is 33.2. The van der Waals surface area contributed by atoms with Gasteiger partial charge in [0.25, 0.3) is 0 Å². The molecule has 2 unspecified atom stereocenters. The Kier molecular flexibility index (Phi) is 10.8. The molecule has 7 aromatic rings. The van der Waals surface area contributed by atoms with Crippen LogP contribution in [-0.4, -0.2) is 30.4 Å². The predicted molar refractivity (Wildman–Crippen MR) is 233 cm³/mol. The topological polar surface area (TPSA) is 112 Å². The van der Waals surface area contributed by atoms with E-state index in [1.807, 2.05) is 153 Å². The molecule has 2 N–H and O–H groups in total. The summed E-state index contributed by atoms with van der Waals surface area (Å²) in [4.78, 5) is 5.58. The van der Waals surface area contributed by atoms with Crippen LogP contribution in [0.2, 0.25) is 0 Å². The average Bonchev–Trinajstić information content (AvgIpc) is 3.90. The molecule has 60 heavy (non-hydrogen) atoms. The van der Waals surface area contributed by atoms with Gasteiger partial charge in [0.2, 0.25) is 20.0 Å². The minimum atomic E-state index is -4.18. The van der Waals surface area contributed by atoms with Crippen molar-refractivity contribution < 1.29 is 16.8 Å². The molecule has 9 nitrogen and oxygen atoms in total. The lowest BCUT2D eigenvalue weighted by molar-refractivity contribution is 0.304. The first-order valence-corrected chi connectivity index (χ1v) is 22.9. The Hall–Kier alpha value is -5.79. The summed E-state index contributed by atoms with van der Waals surface area (Å²) in [6.45, 7) is 3.85. The number of sulfonamides is 2. The molecule has 0 radical (unpaired) electrons. The zero-order valence-corrected chi connectivity index (χ0v) is 34.8. The molecule has 0 saturated carbocycles. The van der Waals surface area contributed by atoms with E-state index in [1.165, 1.54) is 0 Å². The lowest BCUT2D eigenvalue weighted by atomic mass is 9.95. The highest BCUT2D eigenvalue weighted by atomic mass is 32.2. The van der Waals surface area contributed by atoms with Gasteiger partial charge < -0.3 is 0 Å². The van der Waals surface area contributed by atoms with Gasteiger partial charge in [0.15, 0.2) is 0 Å². The van der Waals surface area contributed by atoms with Crippen molar-refractivity contribution in [1.29, 1.82) is 0 Å². The summed E-state index contributed by atoms with van der Waals surface area (Å²) < 4.78 is 63.7. The summed E-state index contributed by atoms with van der Waals surface area (Å²) in [5.74, 6) is 0. The number of hydrogen-bond acceptors (Lipinski definition) is 7. The molecule has 0 aliphatic carbocycles. The Bertz CT molecular complexity index is 2610. The first-order valence-electron chi connectivity index (χ1n) is 20.0. The third-order valence-corrected chi connectivity index (χ3v) is 15.2. The van der Waals surface area contributed by atoms with Gasteiger partial charge in [-0.3, -0.25) is 15.6 Å². The van der Waals surface area contributed by atoms with Gasteiger partial charge in [0.1, 0.15) is 12.3 Å². The van der Waals surface area contributed by atoms with Gasteiger partial charge in [-0.2, -0.15) is 8.61 Å². The standard InChI is InChI=1S/C49H45N5O4S2/c1-34-26-30-40(31-27-34)59(55,56)53-46(38-20-11-5-12-21-38)44(36-16-7-3-8-17-36)51-48(53)42-24-15-25-43(50-42)49-52-45(37-18-9-4-10-19-37)47(39-22-13-6-14-23-39)54(49)60(57,58)41-32-28-35(2)29-33-41/h3-33,44-49,51-52H,1-2H3/t44-,45-,46-,47-,48?,49?/m1/s1. The van der Waals surface area contributed by atoms with E-state index in [1.54, 1.807) is 57.1 Å². The highest BCUT2D eigenvalue weighted by Crippen LogP contribution is 2.51. The second kappa shape index (κ2) is 16.3. The minimum Gasteiger partial charge on any atom is -0.287 e. The van der Waals surface area contributed by atoms with Crippen molar-refractivity contribution in [2.75, 3.05) is 0 Å². The summed E-state index contributed by atoms with van der Waals surface area (Å²) in [6.07, 6.45) is -1.88. The summed E-state index contributed by atoms with van der Waals surface area (Å²) in [6, 6.07) is 56.0. The highest BCUT2D eigenvalue weighted by Gasteiger charge is 2.52. The maximum Gasteiger partial charge on any atom is 0.245 e. The number of hydrogen-bond donors (Lipinski definition) is 2. The summed E-state index contributed by atoms with van der Waals surface area (Å²) in [5, 5.41) is 7.40. The largest absolute Gasteiger partial charge is 0.287 e. The van der Waals surface area contributed by atoms with Gasteiger partial charge in [-0.25, -0.2) is 16.8 Å². The van der Waals surface area contributed by atoms with Crippen molar-refractivity contribution in [2.24, 2.45) is 0 Å². The van der Waals surface area contributed by atoms with Crippen molar-refractivity contribution in [3.63, 3.8) is 0 Å². The third-order valence-electron chi connectivity index (χ3n) is 11.5. The van der Waals surface area contributed by atoms with E-state index in [2.05, 4.69) is 10.6 Å². The van der Waals surface area contributed by atoms with Gasteiger partial charge in [-0.05, 0) is 72.5 Å². The van der Waals surface area contributed by atoms with Crippen molar-refractivity contribution in [1.82, 2.24) is 24.2 Å². The molecule has 3 heterocycles. The van der Waals surface area contributed by atoms with Gasteiger partial charge in [0, 0.05) is 0 Å². The number of pyridine rings is 1. The van der Waals surface area contributed by atoms with Gasteiger partial charge in [-0.1, -0.05) is 163 Å². The van der Waals surface area contributed by atoms with Gasteiger partial charge in [-0.15, -0.1) is 0 Å². The maximum atomic E-state index is 15.2. The van der Waals surface area contributed by atoms with Crippen LogP contribution in [0.3, 0.4) is 0 Å². The van der Waals surface area contributed by atoms with Gasteiger partial charge >= 0.3 is 0 Å². The molecule has 2 fully saturated rings. The van der Waals surface area contributed by atoms with Crippen molar-refractivity contribution in [2.45, 2.75) is 60.1 Å². The summed E-state index contributed by atoms with van der Waals surface area (Å²) >= 11 is 0. The molecule has 6 atom stereocenters. The van der Waals surface area contributed by atoms with Crippen molar-refractivity contribution in [3.05, 3.63) is 233 Å². The van der Waals surface area contributed by atoms with Crippen LogP contribution in [0.25, 0.3) is 0 Å². The summed E-state index contributed by atoms with van der Waals surface area (Å²) in [5.41, 5.74) is 6.20. The normalized spacial score (nSPS) is 22.5.